The molecule has 1 aromatic heterocycles. The maximum Gasteiger partial charge on any atom is 0.418 e. The van der Waals surface area contributed by atoms with E-state index in [0.717, 1.165) is 17.2 Å². The molecule has 0 unspecified atom stereocenters. The van der Waals surface area contributed by atoms with Crippen molar-refractivity contribution in [2.45, 2.75) is 19.0 Å². The minimum absolute atomic E-state index is 0.0168. The Bertz CT molecular complexity index is 1670. The molecule has 5 aromatic rings. The number of aromatic nitrogens is 1. The van der Waals surface area contributed by atoms with Crippen LogP contribution in [0, 0.1) is 0 Å². The highest BCUT2D eigenvalue weighted by Crippen LogP contribution is 2.40. The number of aliphatic hydroxyl groups excluding tert-OH is 1. The van der Waals surface area contributed by atoms with Crippen molar-refractivity contribution >= 4 is 16.8 Å². The van der Waals surface area contributed by atoms with E-state index in [1.54, 1.807) is 48.5 Å². The molecule has 1 amide bonds. The van der Waals surface area contributed by atoms with E-state index in [9.17, 15) is 18.0 Å². The van der Waals surface area contributed by atoms with Crippen LogP contribution in [0.15, 0.2) is 103 Å². The molecule has 0 aliphatic carbocycles. The number of pyridine rings is 1. The molecule has 0 fully saturated rings. The van der Waals surface area contributed by atoms with Crippen LogP contribution in [-0.2, 0) is 12.6 Å². The van der Waals surface area contributed by atoms with Crippen molar-refractivity contribution in [3.05, 3.63) is 126 Å². The molecular formula is C33H27F3N2O3. The Morgan fingerprint density at radius 1 is 0.878 bits per heavy atom. The second kappa shape index (κ2) is 12.2. The molecule has 0 aliphatic rings. The highest BCUT2D eigenvalue weighted by molar-refractivity contribution is 5.98. The van der Waals surface area contributed by atoms with Crippen LogP contribution in [0.2, 0.25) is 0 Å². The number of aliphatic hydroxyl groups is 1. The first-order valence-corrected chi connectivity index (χ1v) is 13.1. The predicted molar refractivity (Wildman–Crippen MR) is 152 cm³/mol. The zero-order chi connectivity index (χ0) is 28.8. The van der Waals surface area contributed by atoms with E-state index in [1.807, 2.05) is 36.4 Å². The van der Waals surface area contributed by atoms with Gasteiger partial charge in [-0.3, -0.25) is 9.78 Å². The Labute approximate surface area is 235 Å². The number of ether oxygens (including phenoxy) is 1. The molecule has 5 nitrogen and oxygen atoms in total. The fourth-order valence-electron chi connectivity index (χ4n) is 4.72. The van der Waals surface area contributed by atoms with E-state index in [1.165, 1.54) is 12.3 Å². The van der Waals surface area contributed by atoms with E-state index in [-0.39, 0.29) is 18.0 Å². The summed E-state index contributed by atoms with van der Waals surface area (Å²) in [5.74, 6) is 0.607. The van der Waals surface area contributed by atoms with Crippen molar-refractivity contribution in [1.82, 2.24) is 10.3 Å². The average molecular weight is 557 g/mol. The maximum atomic E-state index is 13.9. The summed E-state index contributed by atoms with van der Waals surface area (Å²) in [6.07, 6.45) is -2.10. The molecule has 2 N–H and O–H groups in total. The Hall–Kier alpha value is -4.69. The molecule has 8 heteroatoms. The molecule has 208 valence electrons. The SMILES string of the molecule is O=C(NCCCO)c1cccc(Oc2cccc(-c3c(Cc4ccccc4)cnc4c(C(F)(F)F)cccc34)c2)c1. The predicted octanol–water partition coefficient (Wildman–Crippen LogP) is 7.42. The summed E-state index contributed by atoms with van der Waals surface area (Å²) in [7, 11) is 0. The van der Waals surface area contributed by atoms with Gasteiger partial charge >= 0.3 is 6.18 Å². The van der Waals surface area contributed by atoms with Gasteiger partial charge < -0.3 is 15.2 Å². The minimum Gasteiger partial charge on any atom is -0.457 e. The fourth-order valence-corrected chi connectivity index (χ4v) is 4.72. The van der Waals surface area contributed by atoms with Crippen molar-refractivity contribution in [2.75, 3.05) is 13.2 Å². The van der Waals surface area contributed by atoms with Crippen LogP contribution in [0.4, 0.5) is 13.2 Å². The highest BCUT2D eigenvalue weighted by atomic mass is 19.4. The summed E-state index contributed by atoms with van der Waals surface area (Å²) in [5, 5.41) is 12.1. The lowest BCUT2D eigenvalue weighted by Gasteiger charge is -2.17. The molecule has 0 atom stereocenters. The number of nitrogens with one attached hydrogen (secondary N) is 1. The second-order valence-corrected chi connectivity index (χ2v) is 9.51. The summed E-state index contributed by atoms with van der Waals surface area (Å²) < 4.78 is 47.7. The lowest BCUT2D eigenvalue weighted by atomic mass is 9.92. The zero-order valence-corrected chi connectivity index (χ0v) is 22.0. The molecule has 0 bridgehead atoms. The summed E-state index contributed by atoms with van der Waals surface area (Å²) in [5.41, 5.74) is 2.61. The number of carbonyl (C=O) groups excluding carboxylic acids is 1. The Balaban J connectivity index is 1.54. The summed E-state index contributed by atoms with van der Waals surface area (Å²) in [6, 6.07) is 27.6. The molecule has 41 heavy (non-hydrogen) atoms. The van der Waals surface area contributed by atoms with Crippen LogP contribution in [0.25, 0.3) is 22.0 Å². The van der Waals surface area contributed by atoms with Gasteiger partial charge in [-0.05, 0) is 71.5 Å². The van der Waals surface area contributed by atoms with Gasteiger partial charge in [0.25, 0.3) is 5.91 Å². The number of fused-ring (bicyclic) bond motifs is 1. The van der Waals surface area contributed by atoms with Gasteiger partial charge in [-0.1, -0.05) is 60.7 Å². The highest BCUT2D eigenvalue weighted by Gasteiger charge is 2.33. The third-order valence-electron chi connectivity index (χ3n) is 6.59. The van der Waals surface area contributed by atoms with E-state index < -0.39 is 11.7 Å². The van der Waals surface area contributed by atoms with Gasteiger partial charge in [0.2, 0.25) is 0 Å². The van der Waals surface area contributed by atoms with Crippen LogP contribution >= 0.6 is 0 Å². The monoisotopic (exact) mass is 556 g/mol. The van der Waals surface area contributed by atoms with Gasteiger partial charge in [0.15, 0.2) is 0 Å². The number of amides is 1. The van der Waals surface area contributed by atoms with Gasteiger partial charge in [-0.2, -0.15) is 13.2 Å². The molecule has 0 aliphatic heterocycles. The topological polar surface area (TPSA) is 71.5 Å². The van der Waals surface area contributed by atoms with E-state index >= 15 is 0 Å². The molecular weight excluding hydrogens is 529 g/mol. The van der Waals surface area contributed by atoms with Crippen LogP contribution in [-0.4, -0.2) is 29.1 Å². The normalized spacial score (nSPS) is 11.4. The summed E-state index contributed by atoms with van der Waals surface area (Å²) >= 11 is 0. The van der Waals surface area contributed by atoms with E-state index in [4.69, 9.17) is 9.84 Å². The number of rotatable bonds is 9. The number of carbonyl (C=O) groups is 1. The Morgan fingerprint density at radius 2 is 1.61 bits per heavy atom. The largest absolute Gasteiger partial charge is 0.457 e. The third-order valence-corrected chi connectivity index (χ3v) is 6.59. The van der Waals surface area contributed by atoms with Crippen LogP contribution in [0.3, 0.4) is 0 Å². The van der Waals surface area contributed by atoms with Gasteiger partial charge in [-0.25, -0.2) is 0 Å². The van der Waals surface area contributed by atoms with Gasteiger partial charge in [-0.15, -0.1) is 0 Å². The summed E-state index contributed by atoms with van der Waals surface area (Å²) in [4.78, 5) is 16.7. The molecule has 4 aromatic carbocycles. The standard InChI is InChI=1S/C33H27F3N2O3/c34-33(35,36)29-15-6-14-28-30(25(21-38-31(28)29)18-22-8-2-1-3-9-22)23-10-4-12-26(19-23)41-27-13-5-11-24(20-27)32(40)37-16-7-17-39/h1-6,8-15,19-21,39H,7,16-18H2,(H,37,40). The lowest BCUT2D eigenvalue weighted by molar-refractivity contribution is -0.136. The number of nitrogens with zero attached hydrogens (tertiary/aromatic N) is 1. The van der Waals surface area contributed by atoms with Gasteiger partial charge in [0.1, 0.15) is 11.5 Å². The number of para-hydroxylation sites is 1. The van der Waals surface area contributed by atoms with Gasteiger partial charge in [0.05, 0.1) is 11.1 Å². The number of hydrogen-bond donors (Lipinski definition) is 2. The van der Waals surface area contributed by atoms with Crippen molar-refractivity contribution in [3.8, 4) is 22.6 Å². The van der Waals surface area contributed by atoms with Crippen molar-refractivity contribution in [3.63, 3.8) is 0 Å². The Morgan fingerprint density at radius 3 is 2.37 bits per heavy atom. The molecule has 1 heterocycles. The van der Waals surface area contributed by atoms with E-state index in [0.29, 0.717) is 53.0 Å². The van der Waals surface area contributed by atoms with Crippen LogP contribution in [0.5, 0.6) is 11.5 Å². The van der Waals surface area contributed by atoms with Crippen molar-refractivity contribution in [2.24, 2.45) is 0 Å². The molecule has 0 radical (unpaired) electrons. The third kappa shape index (κ3) is 6.56. The minimum atomic E-state index is -4.55. The zero-order valence-electron chi connectivity index (χ0n) is 22.0. The second-order valence-electron chi connectivity index (χ2n) is 9.51. The number of halogens is 3. The van der Waals surface area contributed by atoms with Crippen LogP contribution < -0.4 is 10.1 Å². The first-order chi connectivity index (χ1) is 19.8. The maximum absolute atomic E-state index is 13.9. The van der Waals surface area contributed by atoms with E-state index in [2.05, 4.69) is 10.3 Å². The quantitative estimate of drug-likeness (QED) is 0.185. The average Bonchev–Trinajstić information content (AvgIpc) is 2.97. The number of hydrogen-bond acceptors (Lipinski definition) is 4. The van der Waals surface area contributed by atoms with Crippen LogP contribution in [0.1, 0.15) is 33.5 Å². The smallest absolute Gasteiger partial charge is 0.418 e. The van der Waals surface area contributed by atoms with Crippen molar-refractivity contribution < 1.29 is 27.8 Å². The molecule has 0 saturated heterocycles. The molecule has 0 saturated carbocycles. The lowest BCUT2D eigenvalue weighted by Crippen LogP contribution is -2.24. The number of alkyl halides is 3. The summed E-state index contributed by atoms with van der Waals surface area (Å²) in [6.45, 7) is 0.334. The molecule has 0 spiro atoms. The first-order valence-electron chi connectivity index (χ1n) is 13.1. The number of benzene rings is 4. The fraction of sp³-hybridized carbons (Fsp3) is 0.152. The first kappa shape index (κ1) is 27.9. The Kier molecular flexibility index (Phi) is 8.31. The van der Waals surface area contributed by atoms with Crippen molar-refractivity contribution in [1.29, 1.82) is 0 Å². The van der Waals surface area contributed by atoms with Gasteiger partial charge in [0, 0.05) is 30.3 Å². The molecule has 5 rings (SSSR count).